The van der Waals surface area contributed by atoms with Crippen molar-refractivity contribution in [3.63, 3.8) is 0 Å². The number of rotatable bonds is 2. The topological polar surface area (TPSA) is 55.8 Å². The van der Waals surface area contributed by atoms with Gasteiger partial charge >= 0.3 is 5.43 Å². The Morgan fingerprint density at radius 1 is 1.54 bits per heavy atom. The van der Waals surface area contributed by atoms with Crippen LogP contribution in [-0.2, 0) is 9.47 Å². The predicted octanol–water partition coefficient (Wildman–Crippen LogP) is 0.900. The number of hydrogen-bond acceptors (Lipinski definition) is 4. The molecule has 2 rings (SSSR count). The van der Waals surface area contributed by atoms with Crippen LogP contribution >= 0.6 is 11.6 Å². The highest BCUT2D eigenvalue weighted by molar-refractivity contribution is 6.61. The van der Waals surface area contributed by atoms with Crippen molar-refractivity contribution in [2.24, 2.45) is 5.92 Å². The Morgan fingerprint density at radius 2 is 2.23 bits per heavy atom. The highest BCUT2D eigenvalue weighted by atomic mass is 35.5. The molecule has 0 aromatic heterocycles. The van der Waals surface area contributed by atoms with Crippen LogP contribution in [0.5, 0.6) is 0 Å². The SMILES string of the molecule is O=C(Cl)OC1C2CCC(O2)C1CO. The molecule has 0 aromatic rings. The van der Waals surface area contributed by atoms with Crippen molar-refractivity contribution in [1.82, 2.24) is 0 Å². The summed E-state index contributed by atoms with van der Waals surface area (Å²) in [6, 6.07) is 0. The fourth-order valence-electron chi connectivity index (χ4n) is 2.22. The molecule has 2 saturated heterocycles. The zero-order chi connectivity index (χ0) is 9.42. The summed E-state index contributed by atoms with van der Waals surface area (Å²) in [5.74, 6) is -0.0959. The summed E-state index contributed by atoms with van der Waals surface area (Å²) >= 11 is 5.12. The van der Waals surface area contributed by atoms with Gasteiger partial charge in [0, 0.05) is 17.5 Å². The number of carbonyl (C=O) groups excluding carboxylic acids is 1. The largest absolute Gasteiger partial charge is 0.447 e. The van der Waals surface area contributed by atoms with Crippen LogP contribution in [-0.4, -0.2) is 35.5 Å². The summed E-state index contributed by atoms with van der Waals surface area (Å²) in [5, 5.41) is 9.06. The zero-order valence-electron chi connectivity index (χ0n) is 6.98. The fourth-order valence-corrected chi connectivity index (χ4v) is 2.33. The predicted molar refractivity (Wildman–Crippen MR) is 44.6 cm³/mol. The van der Waals surface area contributed by atoms with Crippen molar-refractivity contribution in [2.75, 3.05) is 6.61 Å². The average molecular weight is 207 g/mol. The van der Waals surface area contributed by atoms with E-state index >= 15 is 0 Å². The Bertz CT molecular complexity index is 220. The summed E-state index contributed by atoms with van der Waals surface area (Å²) in [7, 11) is 0. The Kier molecular flexibility index (Phi) is 2.45. The molecule has 0 amide bonds. The van der Waals surface area contributed by atoms with Gasteiger partial charge in [-0.15, -0.1) is 0 Å². The molecule has 13 heavy (non-hydrogen) atoms. The average Bonchev–Trinajstić information content (AvgIpc) is 2.62. The third-order valence-electron chi connectivity index (χ3n) is 2.79. The maximum atomic E-state index is 10.5. The van der Waals surface area contributed by atoms with Crippen LogP contribution in [0.25, 0.3) is 0 Å². The summed E-state index contributed by atoms with van der Waals surface area (Å²) in [5.41, 5.74) is -0.820. The lowest BCUT2D eigenvalue weighted by Gasteiger charge is -2.24. The van der Waals surface area contributed by atoms with Crippen LogP contribution in [0.15, 0.2) is 0 Å². The third-order valence-corrected chi connectivity index (χ3v) is 2.88. The molecule has 2 bridgehead atoms. The standard InChI is InChI=1S/C8H11ClO4/c9-8(11)13-7-4(3-10)5-1-2-6(7)12-5/h4-7,10H,1-3H2. The van der Waals surface area contributed by atoms with Crippen LogP contribution in [0.2, 0.25) is 0 Å². The maximum absolute atomic E-state index is 10.5. The first-order chi connectivity index (χ1) is 6.22. The molecule has 2 aliphatic heterocycles. The third kappa shape index (κ3) is 1.54. The molecule has 1 N–H and O–H groups in total. The number of aliphatic hydroxyl groups excluding tert-OH is 1. The molecular weight excluding hydrogens is 196 g/mol. The van der Waals surface area contributed by atoms with E-state index in [1.54, 1.807) is 0 Å². The molecule has 5 heteroatoms. The lowest BCUT2D eigenvalue weighted by Crippen LogP contribution is -2.37. The molecule has 4 nitrogen and oxygen atoms in total. The fraction of sp³-hybridized carbons (Fsp3) is 0.875. The van der Waals surface area contributed by atoms with E-state index in [4.69, 9.17) is 26.2 Å². The zero-order valence-corrected chi connectivity index (χ0v) is 7.74. The van der Waals surface area contributed by atoms with Gasteiger partial charge in [-0.25, -0.2) is 4.79 Å². The molecular formula is C8H11ClO4. The quantitative estimate of drug-likeness (QED) is 0.682. The van der Waals surface area contributed by atoms with Gasteiger partial charge in [-0.2, -0.15) is 0 Å². The number of halogens is 1. The van der Waals surface area contributed by atoms with E-state index in [1.807, 2.05) is 0 Å². The van der Waals surface area contributed by atoms with Crippen molar-refractivity contribution in [3.8, 4) is 0 Å². The smallest absolute Gasteiger partial charge is 0.404 e. The molecule has 4 atom stereocenters. The minimum absolute atomic E-state index is 0.0179. The van der Waals surface area contributed by atoms with Crippen LogP contribution in [0, 0.1) is 5.92 Å². The number of ether oxygens (including phenoxy) is 2. The van der Waals surface area contributed by atoms with Gasteiger partial charge < -0.3 is 14.6 Å². The van der Waals surface area contributed by atoms with E-state index in [0.29, 0.717) is 0 Å². The Balaban J connectivity index is 2.04. The van der Waals surface area contributed by atoms with Crippen LogP contribution < -0.4 is 0 Å². The van der Waals surface area contributed by atoms with Gasteiger partial charge in [-0.1, -0.05) is 0 Å². The molecule has 2 fully saturated rings. The number of fused-ring (bicyclic) bond motifs is 2. The highest BCUT2D eigenvalue weighted by Gasteiger charge is 2.50. The second-order valence-corrected chi connectivity index (χ2v) is 3.77. The van der Waals surface area contributed by atoms with Crippen LogP contribution in [0.3, 0.4) is 0 Å². The van der Waals surface area contributed by atoms with Gasteiger partial charge in [0.05, 0.1) is 18.8 Å². The lowest BCUT2D eigenvalue weighted by molar-refractivity contribution is 0.0343. The van der Waals surface area contributed by atoms with Crippen molar-refractivity contribution in [3.05, 3.63) is 0 Å². The summed E-state index contributed by atoms with van der Waals surface area (Å²) in [6.07, 6.45) is 1.44. The first kappa shape index (κ1) is 9.24. The van der Waals surface area contributed by atoms with Crippen molar-refractivity contribution in [1.29, 1.82) is 0 Å². The van der Waals surface area contributed by atoms with Crippen molar-refractivity contribution < 1.29 is 19.4 Å². The Morgan fingerprint density at radius 3 is 2.85 bits per heavy atom. The van der Waals surface area contributed by atoms with E-state index < -0.39 is 5.43 Å². The molecule has 74 valence electrons. The maximum Gasteiger partial charge on any atom is 0.404 e. The number of hydrogen-bond donors (Lipinski definition) is 1. The van der Waals surface area contributed by atoms with E-state index in [0.717, 1.165) is 12.8 Å². The number of aliphatic hydroxyl groups is 1. The summed E-state index contributed by atoms with van der Waals surface area (Å²) < 4.78 is 10.4. The van der Waals surface area contributed by atoms with Gasteiger partial charge in [0.2, 0.25) is 0 Å². The Labute approximate surface area is 80.8 Å². The molecule has 4 unspecified atom stereocenters. The summed E-state index contributed by atoms with van der Waals surface area (Å²) in [6.45, 7) is -0.0179. The van der Waals surface area contributed by atoms with Gasteiger partial charge in [-0.05, 0) is 12.8 Å². The lowest BCUT2D eigenvalue weighted by atomic mass is 9.87. The summed E-state index contributed by atoms with van der Waals surface area (Å²) in [4.78, 5) is 10.5. The van der Waals surface area contributed by atoms with E-state index in [1.165, 1.54) is 0 Å². The molecule has 0 aliphatic carbocycles. The van der Waals surface area contributed by atoms with Crippen LogP contribution in [0.1, 0.15) is 12.8 Å². The number of carbonyl (C=O) groups is 1. The van der Waals surface area contributed by atoms with Gasteiger partial charge in [-0.3, -0.25) is 0 Å². The first-order valence-electron chi connectivity index (χ1n) is 4.35. The second-order valence-electron chi connectivity index (χ2n) is 3.46. The molecule has 0 radical (unpaired) electrons. The van der Waals surface area contributed by atoms with E-state index in [-0.39, 0.29) is 30.8 Å². The minimum Gasteiger partial charge on any atom is -0.447 e. The van der Waals surface area contributed by atoms with Gasteiger partial charge in [0.1, 0.15) is 6.10 Å². The minimum atomic E-state index is -0.820. The molecule has 2 aliphatic rings. The van der Waals surface area contributed by atoms with E-state index in [9.17, 15) is 4.79 Å². The molecule has 2 heterocycles. The van der Waals surface area contributed by atoms with Gasteiger partial charge in [0.25, 0.3) is 0 Å². The monoisotopic (exact) mass is 206 g/mol. The second kappa shape index (κ2) is 3.44. The van der Waals surface area contributed by atoms with Crippen molar-refractivity contribution in [2.45, 2.75) is 31.2 Å². The molecule has 0 saturated carbocycles. The van der Waals surface area contributed by atoms with Gasteiger partial charge in [0.15, 0.2) is 0 Å². The molecule has 0 spiro atoms. The normalized spacial score (nSPS) is 42.3. The first-order valence-corrected chi connectivity index (χ1v) is 4.72. The molecule has 0 aromatic carbocycles. The highest BCUT2D eigenvalue weighted by Crippen LogP contribution is 2.40. The van der Waals surface area contributed by atoms with E-state index in [2.05, 4.69) is 0 Å². The van der Waals surface area contributed by atoms with Crippen molar-refractivity contribution >= 4 is 17.0 Å². The van der Waals surface area contributed by atoms with Crippen LogP contribution in [0.4, 0.5) is 4.79 Å². The Hall–Kier alpha value is -0.320.